The minimum absolute atomic E-state index is 0.104. The summed E-state index contributed by atoms with van der Waals surface area (Å²) >= 11 is 0. The average Bonchev–Trinajstić information content (AvgIpc) is 2.68. The van der Waals surface area contributed by atoms with Gasteiger partial charge in [0, 0.05) is 18.4 Å². The second-order valence-electron chi connectivity index (χ2n) is 4.31. The van der Waals surface area contributed by atoms with E-state index in [1.807, 2.05) is 26.1 Å². The number of anilines is 1. The number of hydrogen-bond acceptors (Lipinski definition) is 3. The van der Waals surface area contributed by atoms with Crippen LogP contribution in [0.3, 0.4) is 0 Å². The SMILES string of the molecule is Cc1cc(CC(=O)Nc2ccc(C#N)cc2)n(C)n1. The van der Waals surface area contributed by atoms with Crippen LogP contribution in [-0.4, -0.2) is 15.7 Å². The molecule has 0 aliphatic rings. The predicted octanol–water partition coefficient (Wildman–Crippen LogP) is 1.78. The zero-order chi connectivity index (χ0) is 13.8. The molecule has 0 saturated carbocycles. The molecule has 0 aliphatic heterocycles. The van der Waals surface area contributed by atoms with Crippen LogP contribution in [0, 0.1) is 18.3 Å². The van der Waals surface area contributed by atoms with Crippen molar-refractivity contribution in [3.8, 4) is 6.07 Å². The Balaban J connectivity index is 2.01. The Bertz CT molecular complexity index is 634. The summed E-state index contributed by atoms with van der Waals surface area (Å²) in [4.78, 5) is 11.9. The Labute approximate surface area is 111 Å². The molecule has 0 spiro atoms. The van der Waals surface area contributed by atoms with Crippen molar-refractivity contribution in [2.75, 3.05) is 5.32 Å². The molecule has 1 amide bonds. The highest BCUT2D eigenvalue weighted by atomic mass is 16.1. The van der Waals surface area contributed by atoms with Crippen LogP contribution < -0.4 is 5.32 Å². The van der Waals surface area contributed by atoms with Crippen LogP contribution in [0.15, 0.2) is 30.3 Å². The lowest BCUT2D eigenvalue weighted by molar-refractivity contribution is -0.115. The fourth-order valence-corrected chi connectivity index (χ4v) is 1.83. The number of nitrogens with zero attached hydrogens (tertiary/aromatic N) is 3. The Morgan fingerprint density at radius 1 is 1.42 bits per heavy atom. The van der Waals surface area contributed by atoms with E-state index in [-0.39, 0.29) is 12.3 Å². The van der Waals surface area contributed by atoms with E-state index < -0.39 is 0 Å². The Morgan fingerprint density at radius 3 is 2.63 bits per heavy atom. The number of rotatable bonds is 3. The van der Waals surface area contributed by atoms with Crippen molar-refractivity contribution in [3.05, 3.63) is 47.3 Å². The highest BCUT2D eigenvalue weighted by Gasteiger charge is 2.08. The monoisotopic (exact) mass is 254 g/mol. The standard InChI is InChI=1S/C14H14N4O/c1-10-7-13(18(2)17-10)8-14(19)16-12-5-3-11(9-15)4-6-12/h3-7H,8H2,1-2H3,(H,16,19). The Hall–Kier alpha value is -2.61. The van der Waals surface area contributed by atoms with E-state index in [0.29, 0.717) is 11.3 Å². The van der Waals surface area contributed by atoms with Crippen LogP contribution in [0.25, 0.3) is 0 Å². The van der Waals surface area contributed by atoms with Crippen molar-refractivity contribution in [1.29, 1.82) is 5.26 Å². The van der Waals surface area contributed by atoms with Gasteiger partial charge in [-0.05, 0) is 37.3 Å². The highest BCUT2D eigenvalue weighted by molar-refractivity contribution is 5.92. The van der Waals surface area contributed by atoms with Crippen molar-refractivity contribution in [1.82, 2.24) is 9.78 Å². The Morgan fingerprint density at radius 2 is 2.11 bits per heavy atom. The summed E-state index contributed by atoms with van der Waals surface area (Å²) < 4.78 is 1.70. The molecule has 0 fully saturated rings. The van der Waals surface area contributed by atoms with E-state index in [1.54, 1.807) is 28.9 Å². The average molecular weight is 254 g/mol. The normalized spacial score (nSPS) is 9.95. The first-order valence-electron chi connectivity index (χ1n) is 5.88. The van der Waals surface area contributed by atoms with E-state index in [4.69, 9.17) is 5.26 Å². The maximum Gasteiger partial charge on any atom is 0.230 e. The van der Waals surface area contributed by atoms with Crippen molar-refractivity contribution in [2.45, 2.75) is 13.3 Å². The van der Waals surface area contributed by atoms with Gasteiger partial charge in [0.05, 0.1) is 23.7 Å². The molecule has 1 heterocycles. The summed E-state index contributed by atoms with van der Waals surface area (Å²) in [5.41, 5.74) is 3.01. The van der Waals surface area contributed by atoms with Gasteiger partial charge in [-0.2, -0.15) is 10.4 Å². The third kappa shape index (κ3) is 3.19. The molecular formula is C14H14N4O. The van der Waals surface area contributed by atoms with Gasteiger partial charge in [-0.15, -0.1) is 0 Å². The van der Waals surface area contributed by atoms with Gasteiger partial charge in [-0.25, -0.2) is 0 Å². The lowest BCUT2D eigenvalue weighted by atomic mass is 10.2. The molecule has 1 N–H and O–H groups in total. The maximum atomic E-state index is 11.9. The van der Waals surface area contributed by atoms with Crippen molar-refractivity contribution in [3.63, 3.8) is 0 Å². The van der Waals surface area contributed by atoms with Gasteiger partial charge < -0.3 is 5.32 Å². The largest absolute Gasteiger partial charge is 0.326 e. The molecule has 2 rings (SSSR count). The zero-order valence-electron chi connectivity index (χ0n) is 10.8. The summed E-state index contributed by atoms with van der Waals surface area (Å²) in [7, 11) is 1.82. The molecule has 0 unspecified atom stereocenters. The van der Waals surface area contributed by atoms with E-state index in [0.717, 1.165) is 11.4 Å². The molecule has 0 aliphatic carbocycles. The quantitative estimate of drug-likeness (QED) is 0.907. The van der Waals surface area contributed by atoms with Gasteiger partial charge in [-0.1, -0.05) is 0 Å². The molecule has 5 nitrogen and oxygen atoms in total. The number of nitrogens with one attached hydrogen (secondary N) is 1. The summed E-state index contributed by atoms with van der Waals surface area (Å²) in [5.74, 6) is -0.104. The van der Waals surface area contributed by atoms with Crippen LogP contribution in [0.2, 0.25) is 0 Å². The van der Waals surface area contributed by atoms with Crippen LogP contribution in [-0.2, 0) is 18.3 Å². The van der Waals surface area contributed by atoms with Gasteiger partial charge in [-0.3, -0.25) is 9.48 Å². The van der Waals surface area contributed by atoms with Crippen molar-refractivity contribution >= 4 is 11.6 Å². The first kappa shape index (κ1) is 12.8. The molecule has 0 saturated heterocycles. The smallest absolute Gasteiger partial charge is 0.230 e. The number of nitriles is 1. The number of hydrogen-bond donors (Lipinski definition) is 1. The highest BCUT2D eigenvalue weighted by Crippen LogP contribution is 2.10. The predicted molar refractivity (Wildman–Crippen MR) is 71.4 cm³/mol. The van der Waals surface area contributed by atoms with Crippen LogP contribution in [0.1, 0.15) is 17.0 Å². The second-order valence-corrected chi connectivity index (χ2v) is 4.31. The van der Waals surface area contributed by atoms with Crippen molar-refractivity contribution < 1.29 is 4.79 Å². The number of aryl methyl sites for hydroxylation is 2. The number of amides is 1. The fourth-order valence-electron chi connectivity index (χ4n) is 1.83. The topological polar surface area (TPSA) is 70.7 Å². The summed E-state index contributed by atoms with van der Waals surface area (Å²) in [5, 5.41) is 15.7. The number of carbonyl (C=O) groups is 1. The summed E-state index contributed by atoms with van der Waals surface area (Å²) in [6, 6.07) is 10.7. The Kier molecular flexibility index (Phi) is 3.62. The molecule has 0 atom stereocenters. The molecule has 2 aromatic rings. The number of benzene rings is 1. The molecule has 5 heteroatoms. The van der Waals surface area contributed by atoms with E-state index in [1.165, 1.54) is 0 Å². The first-order valence-corrected chi connectivity index (χ1v) is 5.88. The first-order chi connectivity index (χ1) is 9.08. The van der Waals surface area contributed by atoms with E-state index >= 15 is 0 Å². The van der Waals surface area contributed by atoms with Crippen molar-refractivity contribution in [2.24, 2.45) is 7.05 Å². The third-order valence-electron chi connectivity index (χ3n) is 2.74. The molecule has 1 aromatic carbocycles. The number of carbonyl (C=O) groups excluding carboxylic acids is 1. The maximum absolute atomic E-state index is 11.9. The third-order valence-corrected chi connectivity index (χ3v) is 2.74. The number of aromatic nitrogens is 2. The zero-order valence-corrected chi connectivity index (χ0v) is 10.8. The fraction of sp³-hybridized carbons (Fsp3) is 0.214. The molecule has 19 heavy (non-hydrogen) atoms. The minimum Gasteiger partial charge on any atom is -0.326 e. The summed E-state index contributed by atoms with van der Waals surface area (Å²) in [6.45, 7) is 1.89. The lowest BCUT2D eigenvalue weighted by Crippen LogP contribution is -2.16. The molecule has 0 bridgehead atoms. The second kappa shape index (κ2) is 5.36. The molecular weight excluding hydrogens is 240 g/mol. The van der Waals surface area contributed by atoms with Crippen LogP contribution in [0.4, 0.5) is 5.69 Å². The van der Waals surface area contributed by atoms with Gasteiger partial charge in [0.15, 0.2) is 0 Å². The van der Waals surface area contributed by atoms with Crippen LogP contribution >= 0.6 is 0 Å². The lowest BCUT2D eigenvalue weighted by Gasteiger charge is -2.05. The van der Waals surface area contributed by atoms with Crippen LogP contribution in [0.5, 0.6) is 0 Å². The van der Waals surface area contributed by atoms with Gasteiger partial charge >= 0.3 is 0 Å². The van der Waals surface area contributed by atoms with Gasteiger partial charge in [0.25, 0.3) is 0 Å². The molecule has 96 valence electrons. The molecule has 1 aromatic heterocycles. The van der Waals surface area contributed by atoms with E-state index in [9.17, 15) is 4.79 Å². The summed E-state index contributed by atoms with van der Waals surface area (Å²) in [6.07, 6.45) is 0.275. The molecule has 0 radical (unpaired) electrons. The van der Waals surface area contributed by atoms with Gasteiger partial charge in [0.2, 0.25) is 5.91 Å². The van der Waals surface area contributed by atoms with Gasteiger partial charge in [0.1, 0.15) is 0 Å². The van der Waals surface area contributed by atoms with E-state index in [2.05, 4.69) is 10.4 Å². The minimum atomic E-state index is -0.104.